The van der Waals surface area contributed by atoms with Crippen LogP contribution in [0.1, 0.15) is 11.1 Å². The number of hydrogen-bond donors (Lipinski definition) is 1. The van der Waals surface area contributed by atoms with E-state index in [2.05, 4.69) is 16.0 Å². The minimum absolute atomic E-state index is 0.155. The highest BCUT2D eigenvalue weighted by Crippen LogP contribution is 2.29. The largest absolute Gasteiger partial charge is 0.508 e. The first-order chi connectivity index (χ1) is 9.54. The van der Waals surface area contributed by atoms with E-state index in [4.69, 9.17) is 11.6 Å². The molecule has 0 spiro atoms. The number of benzene rings is 2. The van der Waals surface area contributed by atoms with Gasteiger partial charge < -0.3 is 5.11 Å². The molecule has 20 heavy (non-hydrogen) atoms. The molecule has 3 nitrogen and oxygen atoms in total. The summed E-state index contributed by atoms with van der Waals surface area (Å²) in [5, 5.41) is 10.5. The van der Waals surface area contributed by atoms with Crippen molar-refractivity contribution in [2.45, 2.75) is 13.8 Å². The molecule has 0 bridgehead atoms. The highest BCUT2D eigenvalue weighted by Gasteiger charge is 2.10. The molecule has 0 fully saturated rings. The van der Waals surface area contributed by atoms with Gasteiger partial charge in [-0.3, -0.25) is 0 Å². The molecule has 0 aliphatic heterocycles. The van der Waals surface area contributed by atoms with E-state index in [1.807, 2.05) is 26.0 Å². The lowest BCUT2D eigenvalue weighted by Gasteiger charge is -2.08. The van der Waals surface area contributed by atoms with Gasteiger partial charge in [-0.05, 0) is 43.7 Å². The van der Waals surface area contributed by atoms with Gasteiger partial charge in [0.25, 0.3) is 0 Å². The van der Waals surface area contributed by atoms with Crippen LogP contribution in [0.3, 0.4) is 0 Å². The first kappa shape index (κ1) is 12.9. The molecule has 1 N–H and O–H groups in total. The SMILES string of the molecule is Cc1ccc(C)c(-c2nc(Cl)c3cc(O)ccc3n2)c1. The van der Waals surface area contributed by atoms with Crippen LogP contribution in [-0.2, 0) is 0 Å². The van der Waals surface area contributed by atoms with E-state index in [-0.39, 0.29) is 5.75 Å². The van der Waals surface area contributed by atoms with Crippen molar-refractivity contribution in [3.05, 3.63) is 52.7 Å². The number of rotatable bonds is 1. The number of fused-ring (bicyclic) bond motifs is 1. The summed E-state index contributed by atoms with van der Waals surface area (Å²) in [5.41, 5.74) is 3.95. The summed E-state index contributed by atoms with van der Waals surface area (Å²) < 4.78 is 0. The van der Waals surface area contributed by atoms with Crippen LogP contribution in [0.15, 0.2) is 36.4 Å². The first-order valence-electron chi connectivity index (χ1n) is 6.28. The van der Waals surface area contributed by atoms with Crippen molar-refractivity contribution in [1.82, 2.24) is 9.97 Å². The number of phenols is 1. The lowest BCUT2D eigenvalue weighted by molar-refractivity contribution is 0.476. The van der Waals surface area contributed by atoms with Gasteiger partial charge >= 0.3 is 0 Å². The molecule has 0 atom stereocenters. The molecule has 1 aromatic heterocycles. The zero-order valence-electron chi connectivity index (χ0n) is 11.2. The van der Waals surface area contributed by atoms with E-state index in [9.17, 15) is 5.11 Å². The van der Waals surface area contributed by atoms with E-state index in [1.165, 1.54) is 0 Å². The zero-order chi connectivity index (χ0) is 14.3. The van der Waals surface area contributed by atoms with Gasteiger partial charge in [0.2, 0.25) is 0 Å². The van der Waals surface area contributed by atoms with Crippen LogP contribution in [0.2, 0.25) is 5.15 Å². The number of halogens is 1. The third-order valence-electron chi connectivity index (χ3n) is 3.27. The molecule has 3 rings (SSSR count). The molecular formula is C16H13ClN2O. The predicted octanol–water partition coefficient (Wildman–Crippen LogP) is 4.27. The van der Waals surface area contributed by atoms with Crippen LogP contribution in [0.5, 0.6) is 5.75 Å². The van der Waals surface area contributed by atoms with Crippen LogP contribution in [0.4, 0.5) is 0 Å². The summed E-state index contributed by atoms with van der Waals surface area (Å²) in [7, 11) is 0. The Morgan fingerprint density at radius 1 is 1.00 bits per heavy atom. The number of hydrogen-bond acceptors (Lipinski definition) is 3. The highest BCUT2D eigenvalue weighted by molar-refractivity contribution is 6.34. The van der Waals surface area contributed by atoms with Crippen LogP contribution in [0, 0.1) is 13.8 Å². The normalized spacial score (nSPS) is 10.9. The standard InChI is InChI=1S/C16H13ClN2O/c1-9-3-4-10(2)12(7-9)16-18-14-6-5-11(20)8-13(14)15(17)19-16/h3-8,20H,1-2H3. The van der Waals surface area contributed by atoms with E-state index in [0.29, 0.717) is 16.4 Å². The third kappa shape index (κ3) is 2.21. The third-order valence-corrected chi connectivity index (χ3v) is 3.55. The molecule has 0 aliphatic rings. The van der Waals surface area contributed by atoms with Crippen molar-refractivity contribution in [3.8, 4) is 17.1 Å². The lowest BCUT2D eigenvalue weighted by Crippen LogP contribution is -1.94. The van der Waals surface area contributed by atoms with Crippen LogP contribution >= 0.6 is 11.6 Å². The van der Waals surface area contributed by atoms with Gasteiger partial charge in [-0.25, -0.2) is 9.97 Å². The molecule has 100 valence electrons. The first-order valence-corrected chi connectivity index (χ1v) is 6.66. The maximum Gasteiger partial charge on any atom is 0.161 e. The smallest absolute Gasteiger partial charge is 0.161 e. The summed E-state index contributed by atoms with van der Waals surface area (Å²) in [6.07, 6.45) is 0. The number of aromatic hydroxyl groups is 1. The van der Waals surface area contributed by atoms with Gasteiger partial charge in [0.15, 0.2) is 5.82 Å². The Kier molecular flexibility index (Phi) is 3.07. The fraction of sp³-hybridized carbons (Fsp3) is 0.125. The molecule has 0 saturated carbocycles. The van der Waals surface area contributed by atoms with Gasteiger partial charge in [-0.2, -0.15) is 0 Å². The van der Waals surface area contributed by atoms with Gasteiger partial charge in [-0.1, -0.05) is 29.3 Å². The molecule has 0 unspecified atom stereocenters. The molecular weight excluding hydrogens is 272 g/mol. The molecule has 0 saturated heterocycles. The summed E-state index contributed by atoms with van der Waals surface area (Å²) in [4.78, 5) is 8.90. The Labute approximate surface area is 121 Å². The number of nitrogens with zero attached hydrogens (tertiary/aromatic N) is 2. The Bertz CT molecular complexity index is 815. The van der Waals surface area contributed by atoms with Crippen molar-refractivity contribution in [2.75, 3.05) is 0 Å². The van der Waals surface area contributed by atoms with Gasteiger partial charge in [-0.15, -0.1) is 0 Å². The minimum Gasteiger partial charge on any atom is -0.508 e. The molecule has 3 aromatic rings. The fourth-order valence-corrected chi connectivity index (χ4v) is 2.41. The van der Waals surface area contributed by atoms with Crippen LogP contribution in [0.25, 0.3) is 22.3 Å². The Balaban J connectivity index is 2.27. The fourth-order valence-electron chi connectivity index (χ4n) is 2.18. The Morgan fingerprint density at radius 2 is 1.80 bits per heavy atom. The van der Waals surface area contributed by atoms with Gasteiger partial charge in [0.05, 0.1) is 5.52 Å². The quantitative estimate of drug-likeness (QED) is 0.679. The molecule has 4 heteroatoms. The molecule has 0 aliphatic carbocycles. The molecule has 2 aromatic carbocycles. The Hall–Kier alpha value is -2.13. The summed E-state index contributed by atoms with van der Waals surface area (Å²) >= 11 is 6.21. The Morgan fingerprint density at radius 3 is 2.60 bits per heavy atom. The van der Waals surface area contributed by atoms with E-state index in [1.54, 1.807) is 18.2 Å². The maximum atomic E-state index is 9.51. The summed E-state index contributed by atoms with van der Waals surface area (Å²) in [5.74, 6) is 0.761. The molecule has 0 radical (unpaired) electrons. The van der Waals surface area contributed by atoms with Crippen LogP contribution in [-0.4, -0.2) is 15.1 Å². The maximum absolute atomic E-state index is 9.51. The molecule has 0 amide bonds. The number of aryl methyl sites for hydroxylation is 2. The van der Waals surface area contributed by atoms with Crippen molar-refractivity contribution in [1.29, 1.82) is 0 Å². The van der Waals surface area contributed by atoms with Crippen molar-refractivity contribution < 1.29 is 5.11 Å². The topological polar surface area (TPSA) is 46.0 Å². The molecule has 1 heterocycles. The second-order valence-corrected chi connectivity index (χ2v) is 5.22. The number of aromatic nitrogens is 2. The predicted molar refractivity (Wildman–Crippen MR) is 81.1 cm³/mol. The van der Waals surface area contributed by atoms with Crippen molar-refractivity contribution in [2.24, 2.45) is 0 Å². The van der Waals surface area contributed by atoms with E-state index >= 15 is 0 Å². The average molecular weight is 285 g/mol. The van der Waals surface area contributed by atoms with Gasteiger partial charge in [0, 0.05) is 10.9 Å². The van der Waals surface area contributed by atoms with Crippen molar-refractivity contribution >= 4 is 22.5 Å². The second-order valence-electron chi connectivity index (χ2n) is 4.86. The van der Waals surface area contributed by atoms with E-state index < -0.39 is 0 Å². The summed E-state index contributed by atoms with van der Waals surface area (Å²) in [6.45, 7) is 4.05. The van der Waals surface area contributed by atoms with E-state index in [0.717, 1.165) is 22.2 Å². The highest BCUT2D eigenvalue weighted by atomic mass is 35.5. The number of phenolic OH excluding ortho intramolecular Hbond substituents is 1. The second kappa shape index (κ2) is 4.76. The lowest BCUT2D eigenvalue weighted by atomic mass is 10.0. The summed E-state index contributed by atoms with van der Waals surface area (Å²) in [6, 6.07) is 11.1. The minimum atomic E-state index is 0.155. The van der Waals surface area contributed by atoms with Gasteiger partial charge in [0.1, 0.15) is 10.9 Å². The monoisotopic (exact) mass is 284 g/mol. The van der Waals surface area contributed by atoms with Crippen molar-refractivity contribution in [3.63, 3.8) is 0 Å². The van der Waals surface area contributed by atoms with Crippen LogP contribution < -0.4 is 0 Å². The average Bonchev–Trinajstić information content (AvgIpc) is 2.42. The zero-order valence-corrected chi connectivity index (χ0v) is 11.9.